The second-order valence-electron chi connectivity index (χ2n) is 17.9. The maximum atomic E-state index is 12.9. The molecule has 0 amide bonds. The Hall–Kier alpha value is -4.36. The summed E-state index contributed by atoms with van der Waals surface area (Å²) < 4.78 is 56.6. The Morgan fingerprint density at radius 2 is 1.25 bits per heavy atom. The van der Waals surface area contributed by atoms with Gasteiger partial charge in [0, 0.05) is 19.0 Å². The lowest BCUT2D eigenvalue weighted by Crippen LogP contribution is -2.36. The van der Waals surface area contributed by atoms with E-state index in [1.54, 1.807) is 18.2 Å². The van der Waals surface area contributed by atoms with Gasteiger partial charge < -0.3 is 45.1 Å². The van der Waals surface area contributed by atoms with E-state index in [0.29, 0.717) is 6.42 Å². The summed E-state index contributed by atoms with van der Waals surface area (Å²) in [5.41, 5.74) is 4.57. The van der Waals surface area contributed by atoms with Crippen molar-refractivity contribution in [3.8, 4) is 0 Å². The van der Waals surface area contributed by atoms with Crippen LogP contribution in [-0.4, -0.2) is 96.9 Å². The lowest BCUT2D eigenvalue weighted by molar-refractivity contribution is -0.161. The zero-order valence-corrected chi connectivity index (χ0v) is 45.7. The molecule has 19 nitrogen and oxygen atoms in total. The van der Waals surface area contributed by atoms with E-state index in [4.69, 9.17) is 29.0 Å². The Bertz CT molecular complexity index is 2150. The van der Waals surface area contributed by atoms with E-state index >= 15 is 0 Å². The number of rotatable bonds is 42. The quantitative estimate of drug-likeness (QED) is 0.0117. The number of hydrogen-bond donors (Lipinski definition) is 6. The van der Waals surface area contributed by atoms with Gasteiger partial charge in [0.15, 0.2) is 12.3 Å². The maximum absolute atomic E-state index is 12.9. The van der Waals surface area contributed by atoms with Gasteiger partial charge in [-0.25, -0.2) is 13.9 Å². The number of aromatic nitrogens is 2. The number of nitrogens with zero attached hydrogens (tertiary/aromatic N) is 2. The van der Waals surface area contributed by atoms with E-state index in [-0.39, 0.29) is 37.9 Å². The fourth-order valence-electron chi connectivity index (χ4n) is 7.13. The van der Waals surface area contributed by atoms with E-state index in [0.717, 1.165) is 49.3 Å². The van der Waals surface area contributed by atoms with Crippen molar-refractivity contribution in [2.45, 2.75) is 185 Å². The zero-order chi connectivity index (χ0) is 55.0. The molecule has 0 spiro atoms. The first-order chi connectivity index (χ1) is 36.1. The van der Waals surface area contributed by atoms with Gasteiger partial charge in [0.2, 0.25) is 0 Å². The molecular formula is C54H85N3O16P2. The Kier molecular flexibility index (Phi) is 36.3. The monoisotopic (exact) mass is 1090 g/mol. The van der Waals surface area contributed by atoms with Crippen LogP contribution in [0.3, 0.4) is 0 Å². The molecule has 21 heteroatoms. The molecule has 1 aromatic rings. The van der Waals surface area contributed by atoms with E-state index in [1.165, 1.54) is 63.9 Å². The first-order valence-electron chi connectivity index (χ1n) is 26.4. The molecule has 3 unspecified atom stereocenters. The molecule has 0 aliphatic carbocycles. The first-order valence-corrected chi connectivity index (χ1v) is 29.3. The highest BCUT2D eigenvalue weighted by Gasteiger charge is 2.46. The number of hydrogen-bond acceptors (Lipinski definition) is 16. The smallest absolute Gasteiger partial charge is 0.462 e. The summed E-state index contributed by atoms with van der Waals surface area (Å²) in [7, 11) is -11.0. The van der Waals surface area contributed by atoms with Crippen LogP contribution in [0.2, 0.25) is 0 Å². The summed E-state index contributed by atoms with van der Waals surface area (Å²) in [5, 5.41) is 31.3. The highest BCUT2D eigenvalue weighted by molar-refractivity contribution is 7.61. The number of aliphatic hydroxyl groups excluding tert-OH is 3. The Balaban J connectivity index is 1.88. The van der Waals surface area contributed by atoms with Crippen molar-refractivity contribution < 1.29 is 71.4 Å². The van der Waals surface area contributed by atoms with Crippen molar-refractivity contribution in [3.05, 3.63) is 120 Å². The van der Waals surface area contributed by atoms with Crippen LogP contribution in [0.15, 0.2) is 114 Å². The molecule has 0 radical (unpaired) electrons. The van der Waals surface area contributed by atoms with Crippen LogP contribution in [0.5, 0.6) is 0 Å². The van der Waals surface area contributed by atoms with Gasteiger partial charge in [0.1, 0.15) is 30.7 Å². The third-order valence-corrected chi connectivity index (χ3v) is 13.9. The van der Waals surface area contributed by atoms with E-state index in [1.807, 2.05) is 30.4 Å². The number of carbonyl (C=O) groups excluding carboxylic acids is 2. The number of unbranched alkanes of at least 4 members (excludes halogenated alkanes) is 9. The standard InChI is InChI=1S/C54H85N3O16P2/c1-3-5-7-9-11-13-15-17-18-19-20-21-22-24-26-28-30-32-34-38-50(60)71-46(42-68-49(59)39-35-37-45(58)36-33-31-29-27-25-23-16-14-12-10-8-6-4-2)43-69-74(64,65)73-75(66,67)70-44-47-51(61)52(62)53(72-47)57-41-40-48(55)56-54(57)63/h11,13,17-18,20-21,23-26,29-33,36,40-41,45-47,51-53,58,61-62H,3-10,12,14-16,19,22,27-28,34-35,37-39,42-44H2,1-2H3,(H,64,65)(H,66,67)(H2,55,56,63)/b13-11-,18-17-,21-20-,25-23+,26-24-,31-29+,32-30-,36-33+/t45?,46-,47-,51-,52-,53-/m1/s1. The molecule has 8 atom stereocenters. The molecule has 0 saturated carbocycles. The second kappa shape index (κ2) is 40.8. The maximum Gasteiger partial charge on any atom is 0.481 e. The van der Waals surface area contributed by atoms with Gasteiger partial charge in [0.25, 0.3) is 0 Å². The van der Waals surface area contributed by atoms with Gasteiger partial charge in [-0.1, -0.05) is 156 Å². The summed E-state index contributed by atoms with van der Waals surface area (Å²) in [6, 6.07) is 1.23. The van der Waals surface area contributed by atoms with Crippen molar-refractivity contribution in [1.29, 1.82) is 0 Å². The Labute approximate surface area is 443 Å². The molecule has 2 heterocycles. The van der Waals surface area contributed by atoms with E-state index < -0.39 is 89.8 Å². The average molecular weight is 1090 g/mol. The predicted octanol–water partition coefficient (Wildman–Crippen LogP) is 10.2. The first kappa shape index (κ1) is 66.8. The van der Waals surface area contributed by atoms with Crippen molar-refractivity contribution >= 4 is 33.4 Å². The molecular weight excluding hydrogens is 1010 g/mol. The van der Waals surface area contributed by atoms with Crippen LogP contribution >= 0.6 is 15.6 Å². The number of carbonyl (C=O) groups is 2. The molecule has 1 fully saturated rings. The van der Waals surface area contributed by atoms with Gasteiger partial charge >= 0.3 is 33.3 Å². The number of anilines is 1. The van der Waals surface area contributed by atoms with Crippen molar-refractivity contribution in [2.75, 3.05) is 25.6 Å². The zero-order valence-electron chi connectivity index (χ0n) is 43.9. The molecule has 1 aromatic heterocycles. The molecule has 0 aromatic carbocycles. The van der Waals surface area contributed by atoms with Crippen LogP contribution in [-0.2, 0) is 46.3 Å². The number of aliphatic hydroxyl groups is 3. The summed E-state index contributed by atoms with van der Waals surface area (Å²) in [6.07, 6.45) is 42.4. The van der Waals surface area contributed by atoms with Gasteiger partial charge in [-0.15, -0.1) is 0 Å². The summed E-state index contributed by atoms with van der Waals surface area (Å²) in [4.78, 5) is 61.9. The normalized spacial score (nSPS) is 20.0. The van der Waals surface area contributed by atoms with Gasteiger partial charge in [0.05, 0.1) is 19.3 Å². The Morgan fingerprint density at radius 1 is 0.707 bits per heavy atom. The fourth-order valence-corrected chi connectivity index (χ4v) is 9.24. The Morgan fingerprint density at radius 3 is 1.88 bits per heavy atom. The highest BCUT2D eigenvalue weighted by atomic mass is 31.3. The van der Waals surface area contributed by atoms with Gasteiger partial charge in [-0.3, -0.25) is 23.2 Å². The number of phosphoric acid groups is 2. The van der Waals surface area contributed by atoms with Crippen LogP contribution in [0.4, 0.5) is 5.82 Å². The third kappa shape index (κ3) is 33.4. The predicted molar refractivity (Wildman–Crippen MR) is 290 cm³/mol. The lowest BCUT2D eigenvalue weighted by atomic mass is 10.1. The van der Waals surface area contributed by atoms with Gasteiger partial charge in [-0.05, 0) is 83.1 Å². The SMILES string of the molecule is CCCCC/C=C\C/C=C\C/C=C\C/C=C\C/C=C\CCC(=O)O[C@H](COC(=O)CCCC(O)/C=C/C=C/C/C=C/CCCCCCCC)COP(=O)(O)OP(=O)(O)OC[C@H]1O[C@@H](n2ccc(N)nc2=O)[C@H](O)[C@@H]1O. The number of phosphoric ester groups is 2. The number of esters is 2. The van der Waals surface area contributed by atoms with Crippen LogP contribution in [0.25, 0.3) is 0 Å². The lowest BCUT2D eigenvalue weighted by Gasteiger charge is -2.21. The molecule has 0 bridgehead atoms. The fraction of sp³-hybridized carbons (Fsp3) is 0.593. The van der Waals surface area contributed by atoms with E-state index in [9.17, 15) is 48.6 Å². The molecule has 1 aliphatic heterocycles. The highest BCUT2D eigenvalue weighted by Crippen LogP contribution is 2.60. The van der Waals surface area contributed by atoms with E-state index in [2.05, 4.69) is 71.8 Å². The van der Waals surface area contributed by atoms with Crippen molar-refractivity contribution in [2.24, 2.45) is 0 Å². The minimum Gasteiger partial charge on any atom is -0.462 e. The van der Waals surface area contributed by atoms with Crippen LogP contribution < -0.4 is 11.4 Å². The minimum atomic E-state index is -5.49. The minimum absolute atomic E-state index is 0.117. The average Bonchev–Trinajstić information content (AvgIpc) is 3.64. The van der Waals surface area contributed by atoms with Crippen molar-refractivity contribution in [1.82, 2.24) is 9.55 Å². The molecule has 7 N–H and O–H groups in total. The topological polar surface area (TPSA) is 286 Å². The number of nitrogens with two attached hydrogens (primary N) is 1. The number of allylic oxidation sites excluding steroid dienone is 15. The van der Waals surface area contributed by atoms with Crippen LogP contribution in [0.1, 0.15) is 155 Å². The number of nitrogen functional groups attached to an aromatic ring is 1. The molecule has 75 heavy (non-hydrogen) atoms. The number of ether oxygens (including phenoxy) is 3. The summed E-state index contributed by atoms with van der Waals surface area (Å²) >= 11 is 0. The largest absolute Gasteiger partial charge is 0.481 e. The second-order valence-corrected chi connectivity index (χ2v) is 20.9. The van der Waals surface area contributed by atoms with Gasteiger partial charge in [-0.2, -0.15) is 9.29 Å². The van der Waals surface area contributed by atoms with Crippen molar-refractivity contribution in [3.63, 3.8) is 0 Å². The molecule has 422 valence electrons. The van der Waals surface area contributed by atoms with Crippen LogP contribution in [0, 0.1) is 0 Å². The summed E-state index contributed by atoms with van der Waals surface area (Å²) in [6.45, 7) is 1.86. The molecule has 1 saturated heterocycles. The molecule has 1 aliphatic rings. The molecule has 2 rings (SSSR count). The third-order valence-electron chi connectivity index (χ3n) is 11.3. The summed E-state index contributed by atoms with van der Waals surface area (Å²) in [5.74, 6) is -1.61.